The van der Waals surface area contributed by atoms with Gasteiger partial charge in [0, 0.05) is 6.04 Å². The fourth-order valence-corrected chi connectivity index (χ4v) is 2.03. The molecule has 1 aliphatic heterocycles. The molecule has 76 valence electrons. The fourth-order valence-electron chi connectivity index (χ4n) is 2.03. The van der Waals surface area contributed by atoms with Crippen LogP contribution in [0, 0.1) is 0 Å². The smallest absolute Gasteiger partial charge is 0.234 e. The van der Waals surface area contributed by atoms with E-state index in [0.29, 0.717) is 12.6 Å². The van der Waals surface area contributed by atoms with E-state index in [-0.39, 0.29) is 11.9 Å². The van der Waals surface area contributed by atoms with Crippen molar-refractivity contribution in [2.75, 3.05) is 13.1 Å². The highest BCUT2D eigenvalue weighted by molar-refractivity contribution is 5.80. The molecule has 1 amide bonds. The summed E-state index contributed by atoms with van der Waals surface area (Å²) in [7, 11) is 0. The van der Waals surface area contributed by atoms with E-state index in [1.807, 2.05) is 0 Å². The summed E-state index contributed by atoms with van der Waals surface area (Å²) in [6.45, 7) is 3.76. The van der Waals surface area contributed by atoms with E-state index < -0.39 is 0 Å². The summed E-state index contributed by atoms with van der Waals surface area (Å²) in [5, 5.41) is 0. The third kappa shape index (κ3) is 2.42. The van der Waals surface area contributed by atoms with Crippen LogP contribution in [0.25, 0.3) is 0 Å². The second-order valence-electron chi connectivity index (χ2n) is 3.72. The Morgan fingerprint density at radius 2 is 2.38 bits per heavy atom. The average Bonchev–Trinajstić information content (AvgIpc) is 2.52. The number of rotatable bonds is 4. The highest BCUT2D eigenvalue weighted by atomic mass is 16.1. The van der Waals surface area contributed by atoms with E-state index in [2.05, 4.69) is 11.8 Å². The number of primary amides is 1. The van der Waals surface area contributed by atoms with Gasteiger partial charge in [-0.25, -0.2) is 0 Å². The summed E-state index contributed by atoms with van der Waals surface area (Å²) in [6, 6.07) is 0.326. The van der Waals surface area contributed by atoms with Crippen molar-refractivity contribution < 1.29 is 4.79 Å². The normalized spacial score (nSPS) is 26.2. The van der Waals surface area contributed by atoms with Gasteiger partial charge in [-0.05, 0) is 39.3 Å². The molecule has 1 heterocycles. The molecule has 0 aromatic heterocycles. The molecule has 0 saturated carbocycles. The Balaban J connectivity index is 2.52. The van der Waals surface area contributed by atoms with Crippen LogP contribution in [-0.4, -0.2) is 36.0 Å². The molecular weight excluding hydrogens is 166 g/mol. The molecule has 1 saturated heterocycles. The summed E-state index contributed by atoms with van der Waals surface area (Å²) in [6.07, 6.45) is 2.91. The zero-order valence-corrected chi connectivity index (χ0v) is 8.20. The van der Waals surface area contributed by atoms with Crippen molar-refractivity contribution in [3.05, 3.63) is 0 Å². The van der Waals surface area contributed by atoms with Crippen molar-refractivity contribution >= 4 is 5.91 Å². The number of nitrogens with zero attached hydrogens (tertiary/aromatic N) is 1. The first kappa shape index (κ1) is 10.5. The van der Waals surface area contributed by atoms with Crippen LogP contribution < -0.4 is 11.5 Å². The van der Waals surface area contributed by atoms with Crippen molar-refractivity contribution in [3.8, 4) is 0 Å². The quantitative estimate of drug-likeness (QED) is 0.630. The van der Waals surface area contributed by atoms with Crippen LogP contribution in [0.5, 0.6) is 0 Å². The van der Waals surface area contributed by atoms with Crippen molar-refractivity contribution in [2.24, 2.45) is 11.5 Å². The van der Waals surface area contributed by atoms with Crippen molar-refractivity contribution in [1.29, 1.82) is 0 Å². The third-order valence-electron chi connectivity index (χ3n) is 2.77. The molecule has 13 heavy (non-hydrogen) atoms. The second-order valence-corrected chi connectivity index (χ2v) is 3.72. The minimum absolute atomic E-state index is 0.0541. The highest BCUT2D eigenvalue weighted by Crippen LogP contribution is 2.20. The lowest BCUT2D eigenvalue weighted by Crippen LogP contribution is -2.45. The number of hydrogen-bond donors (Lipinski definition) is 2. The van der Waals surface area contributed by atoms with Crippen LogP contribution in [0.2, 0.25) is 0 Å². The predicted molar refractivity (Wildman–Crippen MR) is 52.1 cm³/mol. The maximum Gasteiger partial charge on any atom is 0.234 e. The molecule has 0 aliphatic carbocycles. The molecule has 1 fully saturated rings. The van der Waals surface area contributed by atoms with Gasteiger partial charge in [0.2, 0.25) is 5.91 Å². The van der Waals surface area contributed by atoms with Gasteiger partial charge in [-0.1, -0.05) is 0 Å². The van der Waals surface area contributed by atoms with E-state index in [0.717, 1.165) is 25.8 Å². The van der Waals surface area contributed by atoms with Crippen LogP contribution in [0.3, 0.4) is 0 Å². The van der Waals surface area contributed by atoms with Crippen LogP contribution in [0.4, 0.5) is 0 Å². The molecule has 0 spiro atoms. The molecule has 2 atom stereocenters. The number of likely N-dealkylation sites (tertiary alicyclic amines) is 1. The van der Waals surface area contributed by atoms with Gasteiger partial charge in [-0.2, -0.15) is 0 Å². The molecule has 0 aromatic rings. The number of hydrogen-bond acceptors (Lipinski definition) is 3. The highest BCUT2D eigenvalue weighted by Gasteiger charge is 2.31. The van der Waals surface area contributed by atoms with Gasteiger partial charge in [0.25, 0.3) is 0 Å². The first-order chi connectivity index (χ1) is 6.16. The third-order valence-corrected chi connectivity index (χ3v) is 2.77. The van der Waals surface area contributed by atoms with Gasteiger partial charge in [0.15, 0.2) is 0 Å². The van der Waals surface area contributed by atoms with Gasteiger partial charge in [0.05, 0.1) is 6.04 Å². The standard InChI is InChI=1S/C9H19N3O/c1-7(4-5-10)12-6-2-3-8(12)9(11)13/h7-8H,2-6,10H2,1H3,(H2,11,13). The summed E-state index contributed by atoms with van der Waals surface area (Å²) in [5.41, 5.74) is 10.8. The molecule has 2 unspecified atom stereocenters. The summed E-state index contributed by atoms with van der Waals surface area (Å²) in [5.74, 6) is -0.193. The zero-order chi connectivity index (χ0) is 9.84. The Hall–Kier alpha value is -0.610. The van der Waals surface area contributed by atoms with Gasteiger partial charge < -0.3 is 11.5 Å². The van der Waals surface area contributed by atoms with Gasteiger partial charge in [0.1, 0.15) is 0 Å². The number of carbonyl (C=O) groups is 1. The fraction of sp³-hybridized carbons (Fsp3) is 0.889. The van der Waals surface area contributed by atoms with Crippen molar-refractivity contribution in [2.45, 2.75) is 38.3 Å². The van der Waals surface area contributed by atoms with Crippen molar-refractivity contribution in [1.82, 2.24) is 4.90 Å². The van der Waals surface area contributed by atoms with Gasteiger partial charge in [-0.3, -0.25) is 9.69 Å². The maximum absolute atomic E-state index is 11.1. The molecule has 0 aromatic carbocycles. The van der Waals surface area contributed by atoms with E-state index >= 15 is 0 Å². The van der Waals surface area contributed by atoms with E-state index in [1.165, 1.54) is 0 Å². The topological polar surface area (TPSA) is 72.3 Å². The Bertz CT molecular complexity index is 184. The molecular formula is C9H19N3O. The Morgan fingerprint density at radius 1 is 1.69 bits per heavy atom. The molecule has 4 heteroatoms. The first-order valence-corrected chi connectivity index (χ1v) is 4.92. The second kappa shape index (κ2) is 4.58. The van der Waals surface area contributed by atoms with Crippen molar-refractivity contribution in [3.63, 3.8) is 0 Å². The first-order valence-electron chi connectivity index (χ1n) is 4.92. The van der Waals surface area contributed by atoms with Gasteiger partial charge >= 0.3 is 0 Å². The minimum Gasteiger partial charge on any atom is -0.368 e. The Morgan fingerprint density at radius 3 is 2.92 bits per heavy atom. The lowest BCUT2D eigenvalue weighted by molar-refractivity contribution is -0.122. The SMILES string of the molecule is CC(CCN)N1CCCC1C(N)=O. The summed E-state index contributed by atoms with van der Waals surface area (Å²) >= 11 is 0. The largest absolute Gasteiger partial charge is 0.368 e. The average molecular weight is 185 g/mol. The maximum atomic E-state index is 11.1. The molecule has 4 N–H and O–H groups in total. The zero-order valence-electron chi connectivity index (χ0n) is 8.20. The van der Waals surface area contributed by atoms with Crippen LogP contribution in [0.1, 0.15) is 26.2 Å². The lowest BCUT2D eigenvalue weighted by Gasteiger charge is -2.28. The Labute approximate surface area is 79.3 Å². The van der Waals surface area contributed by atoms with Crippen LogP contribution >= 0.6 is 0 Å². The molecule has 0 radical (unpaired) electrons. The molecule has 1 rings (SSSR count). The predicted octanol–water partition coefficient (Wildman–Crippen LogP) is -0.327. The molecule has 4 nitrogen and oxygen atoms in total. The summed E-state index contributed by atoms with van der Waals surface area (Å²) in [4.78, 5) is 13.2. The monoisotopic (exact) mass is 185 g/mol. The molecule has 0 bridgehead atoms. The Kier molecular flexibility index (Phi) is 3.69. The van der Waals surface area contributed by atoms with E-state index in [9.17, 15) is 4.79 Å². The van der Waals surface area contributed by atoms with Crippen LogP contribution in [0.15, 0.2) is 0 Å². The number of nitrogens with two attached hydrogens (primary N) is 2. The summed E-state index contributed by atoms with van der Waals surface area (Å²) < 4.78 is 0. The number of carbonyl (C=O) groups excluding carboxylic acids is 1. The van der Waals surface area contributed by atoms with E-state index in [4.69, 9.17) is 11.5 Å². The lowest BCUT2D eigenvalue weighted by atomic mass is 10.1. The van der Waals surface area contributed by atoms with E-state index in [1.54, 1.807) is 0 Å². The van der Waals surface area contributed by atoms with Crippen LogP contribution in [-0.2, 0) is 4.79 Å². The van der Waals surface area contributed by atoms with Gasteiger partial charge in [-0.15, -0.1) is 0 Å². The number of amides is 1. The molecule has 1 aliphatic rings. The minimum atomic E-state index is -0.193.